The molecule has 2 unspecified atom stereocenters. The van der Waals surface area contributed by atoms with Crippen molar-refractivity contribution in [3.05, 3.63) is 48.4 Å². The van der Waals surface area contributed by atoms with E-state index in [0.717, 1.165) is 51.6 Å². The van der Waals surface area contributed by atoms with Crippen LogP contribution in [0, 0.1) is 5.82 Å². The van der Waals surface area contributed by atoms with Crippen molar-refractivity contribution in [3.8, 4) is 23.0 Å². The summed E-state index contributed by atoms with van der Waals surface area (Å²) >= 11 is 0. The van der Waals surface area contributed by atoms with Gasteiger partial charge < -0.3 is 19.1 Å². The molecule has 2 atom stereocenters. The summed E-state index contributed by atoms with van der Waals surface area (Å²) in [5, 5.41) is 0.359. The molecule has 13 heteroatoms. The number of hydrogen-bond acceptors (Lipinski definition) is 9. The van der Waals surface area contributed by atoms with E-state index in [1.807, 2.05) is 30.6 Å². The Bertz CT molecular complexity index is 1740. The molecule has 6 heterocycles. The third kappa shape index (κ3) is 6.49. The molecule has 2 bridgehead atoms. The molecular weight excluding hydrogens is 637 g/mol. The average Bonchev–Trinajstić information content (AvgIpc) is 3.70. The summed E-state index contributed by atoms with van der Waals surface area (Å²) in [7, 11) is 0. The normalized spacial score (nSPS) is 22.3. The number of amides is 1. The van der Waals surface area contributed by atoms with Gasteiger partial charge in [-0.05, 0) is 91.4 Å². The third-order valence-corrected chi connectivity index (χ3v) is 10.1. The predicted molar refractivity (Wildman–Crippen MR) is 178 cm³/mol. The van der Waals surface area contributed by atoms with E-state index in [2.05, 4.69) is 14.9 Å². The van der Waals surface area contributed by atoms with Crippen LogP contribution in [-0.4, -0.2) is 93.0 Å². The lowest BCUT2D eigenvalue weighted by molar-refractivity contribution is -0.131. The van der Waals surface area contributed by atoms with E-state index in [9.17, 15) is 13.6 Å². The minimum atomic E-state index is -3.61. The molecular formula is C36H43F3N6O4. The van der Waals surface area contributed by atoms with Crippen molar-refractivity contribution in [2.45, 2.75) is 95.6 Å². The van der Waals surface area contributed by atoms with Gasteiger partial charge in [0.25, 0.3) is 0 Å². The Kier molecular flexibility index (Phi) is 8.61. The molecule has 0 aliphatic carbocycles. The molecule has 1 aromatic carbocycles. The number of fused-ring (bicyclic) bond motifs is 4. The monoisotopic (exact) mass is 680 g/mol. The Labute approximate surface area is 284 Å². The molecule has 10 nitrogen and oxygen atoms in total. The second-order valence-corrected chi connectivity index (χ2v) is 14.6. The number of allylic oxidation sites excluding steroid dienone is 1. The number of aromatic nitrogens is 3. The second kappa shape index (κ2) is 12.6. The van der Waals surface area contributed by atoms with E-state index >= 15 is 4.39 Å². The molecule has 4 aliphatic heterocycles. The van der Waals surface area contributed by atoms with Crippen LogP contribution < -0.4 is 14.4 Å². The lowest BCUT2D eigenvalue weighted by Gasteiger charge is -2.42. The first-order valence-corrected chi connectivity index (χ1v) is 17.2. The highest BCUT2D eigenvalue weighted by Crippen LogP contribution is 2.42. The van der Waals surface area contributed by atoms with Crippen LogP contribution in [0.3, 0.4) is 0 Å². The molecule has 0 spiro atoms. The minimum Gasteiger partial charge on any atom is -0.461 e. The van der Waals surface area contributed by atoms with Crippen molar-refractivity contribution in [2.75, 3.05) is 37.7 Å². The van der Waals surface area contributed by atoms with Crippen LogP contribution in [0.1, 0.15) is 66.2 Å². The summed E-state index contributed by atoms with van der Waals surface area (Å²) in [5.41, 5.74) is -0.865. The molecule has 262 valence electrons. The highest BCUT2D eigenvalue weighted by Gasteiger charge is 2.46. The topological polar surface area (TPSA) is 93.2 Å². The molecule has 4 aliphatic rings. The van der Waals surface area contributed by atoms with Gasteiger partial charge in [0.05, 0.1) is 23.0 Å². The zero-order valence-electron chi connectivity index (χ0n) is 28.4. The lowest BCUT2D eigenvalue weighted by atomic mass is 9.95. The summed E-state index contributed by atoms with van der Waals surface area (Å²) < 4.78 is 62.8. The van der Waals surface area contributed by atoms with E-state index in [4.69, 9.17) is 19.2 Å². The van der Waals surface area contributed by atoms with E-state index in [0.29, 0.717) is 37.0 Å². The molecule has 0 saturated carbocycles. The number of carbonyl (C=O) groups is 1. The van der Waals surface area contributed by atoms with Crippen LogP contribution in [-0.2, 0) is 4.74 Å². The standard InChI is InChI=1S/C36H43F3N6O4/c1-5-14-36(38,39)48-27-11-7-6-10-25(27)29-28(37)30-26(19-40-29)31(42-32(41-30)47-22-35-15-8-17-44(35)18-9-16-35)43-20-23-12-13-24(21-43)45(23)33(46)49-34(2,3)4/h5-7,10-11,14,19,23-24H,8-9,12-13,15-18,20-22H2,1-4H3/b14-5+. The average molecular weight is 681 g/mol. The number of pyridine rings is 1. The number of anilines is 1. The maximum Gasteiger partial charge on any atom is 0.419 e. The van der Waals surface area contributed by atoms with Crippen LogP contribution >= 0.6 is 0 Å². The Hall–Kier alpha value is -4.13. The van der Waals surface area contributed by atoms with Crippen molar-refractivity contribution in [3.63, 3.8) is 0 Å². The van der Waals surface area contributed by atoms with E-state index in [-0.39, 0.29) is 52.2 Å². The molecule has 3 aromatic rings. The zero-order chi connectivity index (χ0) is 34.6. The van der Waals surface area contributed by atoms with Crippen LogP contribution in [0.2, 0.25) is 0 Å². The SMILES string of the molecule is C/C=C/C(F)(F)Oc1ccccc1-c1ncc2c(N3CC4CCC(C3)N4C(=O)OC(C)(C)C)nc(OCC34CCCN3CCC4)nc2c1F. The predicted octanol–water partition coefficient (Wildman–Crippen LogP) is 6.97. The van der Waals surface area contributed by atoms with Gasteiger partial charge in [-0.1, -0.05) is 18.2 Å². The zero-order valence-corrected chi connectivity index (χ0v) is 28.4. The minimum absolute atomic E-state index is 0.0332. The van der Waals surface area contributed by atoms with Crippen molar-refractivity contribution in [2.24, 2.45) is 0 Å². The number of ether oxygens (including phenoxy) is 3. The van der Waals surface area contributed by atoms with Crippen LogP contribution in [0.15, 0.2) is 42.6 Å². The van der Waals surface area contributed by atoms with Gasteiger partial charge >= 0.3 is 18.2 Å². The number of piperazine rings is 1. The summed E-state index contributed by atoms with van der Waals surface area (Å²) in [4.78, 5) is 33.4. The highest BCUT2D eigenvalue weighted by molar-refractivity contribution is 5.92. The second-order valence-electron chi connectivity index (χ2n) is 14.6. The van der Waals surface area contributed by atoms with Crippen molar-refractivity contribution in [1.29, 1.82) is 0 Å². The Morgan fingerprint density at radius 3 is 2.43 bits per heavy atom. The quantitative estimate of drug-likeness (QED) is 0.234. The fourth-order valence-electron chi connectivity index (χ4n) is 7.99. The van der Waals surface area contributed by atoms with Crippen molar-refractivity contribution in [1.82, 2.24) is 24.8 Å². The first kappa shape index (κ1) is 33.4. The number of carbonyl (C=O) groups excluding carboxylic acids is 1. The maximum absolute atomic E-state index is 16.7. The molecule has 49 heavy (non-hydrogen) atoms. The maximum atomic E-state index is 16.7. The van der Waals surface area contributed by atoms with E-state index in [1.165, 1.54) is 37.4 Å². The van der Waals surface area contributed by atoms with Gasteiger partial charge in [-0.2, -0.15) is 18.7 Å². The van der Waals surface area contributed by atoms with Crippen LogP contribution in [0.25, 0.3) is 22.2 Å². The van der Waals surface area contributed by atoms with Crippen LogP contribution in [0.4, 0.5) is 23.8 Å². The highest BCUT2D eigenvalue weighted by atomic mass is 19.3. The van der Waals surface area contributed by atoms with Gasteiger partial charge in [0.15, 0.2) is 5.82 Å². The Balaban J connectivity index is 1.27. The fourth-order valence-corrected chi connectivity index (χ4v) is 7.99. The fraction of sp³-hybridized carbons (Fsp3) is 0.556. The first-order valence-electron chi connectivity index (χ1n) is 17.2. The molecule has 1 amide bonds. The smallest absolute Gasteiger partial charge is 0.419 e. The molecule has 2 aromatic heterocycles. The lowest BCUT2D eigenvalue weighted by Crippen LogP contribution is -2.57. The van der Waals surface area contributed by atoms with Crippen molar-refractivity contribution >= 4 is 22.8 Å². The molecule has 0 radical (unpaired) electrons. The van der Waals surface area contributed by atoms with Gasteiger partial charge in [0.1, 0.15) is 35.0 Å². The number of nitrogens with zero attached hydrogens (tertiary/aromatic N) is 6. The summed E-state index contributed by atoms with van der Waals surface area (Å²) in [5.74, 6) is -0.568. The Morgan fingerprint density at radius 2 is 1.76 bits per heavy atom. The van der Waals surface area contributed by atoms with Crippen molar-refractivity contribution < 1.29 is 32.2 Å². The first-order chi connectivity index (χ1) is 23.4. The van der Waals surface area contributed by atoms with Gasteiger partial charge in [-0.3, -0.25) is 14.8 Å². The van der Waals surface area contributed by atoms with Gasteiger partial charge in [0, 0.05) is 30.9 Å². The summed E-state index contributed by atoms with van der Waals surface area (Å²) in [6, 6.07) is 5.79. The number of halogens is 3. The summed E-state index contributed by atoms with van der Waals surface area (Å²) in [6.45, 7) is 10.4. The number of para-hydroxylation sites is 1. The van der Waals surface area contributed by atoms with Gasteiger partial charge in [-0.25, -0.2) is 9.18 Å². The van der Waals surface area contributed by atoms with Crippen LogP contribution in [0.5, 0.6) is 11.8 Å². The molecule has 7 rings (SSSR count). The molecule has 0 N–H and O–H groups in total. The van der Waals surface area contributed by atoms with Gasteiger partial charge in [0.2, 0.25) is 0 Å². The van der Waals surface area contributed by atoms with Gasteiger partial charge in [-0.15, -0.1) is 0 Å². The number of alkyl halides is 2. The largest absolute Gasteiger partial charge is 0.461 e. The summed E-state index contributed by atoms with van der Waals surface area (Å²) in [6.07, 6.45) is 5.16. The third-order valence-electron chi connectivity index (χ3n) is 10.1. The number of benzene rings is 1. The molecule has 4 fully saturated rings. The van der Waals surface area contributed by atoms with E-state index in [1.54, 1.807) is 6.07 Å². The van der Waals surface area contributed by atoms with E-state index < -0.39 is 17.5 Å². The molecule has 4 saturated heterocycles. The number of rotatable bonds is 8. The number of hydrogen-bond donors (Lipinski definition) is 0. The Morgan fingerprint density at radius 1 is 1.06 bits per heavy atom.